The SMILES string of the molecule is CC(C)C[C@H](NC(=O)c1cc(C(=O)N[C@@H](C)c2ccccc2)cc(N(C)S(C)(=O)=O)c1)[C@H](C[C@@H](C)C(=O)N[C@H](C(=O)NC(C)C)C(C)C)O[Si](C)(C)C(C)(C)C. The number of hydrogen-bond donors (Lipinski definition) is 4. The Morgan fingerprint density at radius 1 is 0.768 bits per heavy atom. The lowest BCUT2D eigenvalue weighted by Gasteiger charge is -2.42. The lowest BCUT2D eigenvalue weighted by atomic mass is 9.91. The van der Waals surface area contributed by atoms with E-state index >= 15 is 0 Å². The van der Waals surface area contributed by atoms with E-state index in [0.29, 0.717) is 6.42 Å². The van der Waals surface area contributed by atoms with E-state index < -0.39 is 54.3 Å². The number of sulfonamides is 1. The minimum absolute atomic E-state index is 0.0865. The van der Waals surface area contributed by atoms with Crippen LogP contribution in [0.4, 0.5) is 5.69 Å². The Morgan fingerprint density at radius 3 is 1.77 bits per heavy atom. The summed E-state index contributed by atoms with van der Waals surface area (Å²) in [7, 11) is -4.87. The third-order valence-corrected chi connectivity index (χ3v) is 16.1. The van der Waals surface area contributed by atoms with Crippen LogP contribution in [0, 0.1) is 17.8 Å². The van der Waals surface area contributed by atoms with Crippen molar-refractivity contribution >= 4 is 47.7 Å². The van der Waals surface area contributed by atoms with Gasteiger partial charge >= 0.3 is 0 Å². The number of nitrogens with zero attached hydrogens (tertiary/aromatic N) is 1. The molecule has 314 valence electrons. The number of amides is 4. The van der Waals surface area contributed by atoms with Crippen LogP contribution >= 0.6 is 0 Å². The van der Waals surface area contributed by atoms with Gasteiger partial charge in [0.2, 0.25) is 21.8 Å². The van der Waals surface area contributed by atoms with Gasteiger partial charge in [-0.05, 0) is 87.3 Å². The van der Waals surface area contributed by atoms with Gasteiger partial charge in [0.05, 0.1) is 30.1 Å². The van der Waals surface area contributed by atoms with E-state index in [1.165, 1.54) is 25.2 Å². The number of nitrogens with one attached hydrogen (secondary N) is 4. The molecule has 2 rings (SSSR count). The van der Waals surface area contributed by atoms with Crippen molar-refractivity contribution in [3.05, 3.63) is 65.2 Å². The third kappa shape index (κ3) is 14.3. The minimum atomic E-state index is -3.75. The smallest absolute Gasteiger partial charge is 0.251 e. The summed E-state index contributed by atoms with van der Waals surface area (Å²) in [4.78, 5) is 54.8. The van der Waals surface area contributed by atoms with Crippen LogP contribution in [-0.4, -0.2) is 77.9 Å². The van der Waals surface area contributed by atoms with Gasteiger partial charge in [-0.2, -0.15) is 0 Å². The molecule has 56 heavy (non-hydrogen) atoms. The standard InChI is InChI=1S/C42H69N5O7SSi/c1-26(2)21-35(36(54-56(14,15)42(9,10)11)22-29(7)38(48)46-37(27(3)4)41(51)43-28(5)6)45-40(50)33-23-32(24-34(25-33)47(12)55(13,52)53)39(49)44-30(8)31-19-17-16-18-20-31/h16-20,23-30,35-37H,21-22H2,1-15H3,(H,43,51)(H,44,49)(H,45,50)(H,46,48)/t29-,30+,35+,36+,37+/m1/s1. The van der Waals surface area contributed by atoms with Gasteiger partial charge in [0, 0.05) is 30.1 Å². The lowest BCUT2D eigenvalue weighted by Crippen LogP contribution is -2.54. The zero-order chi connectivity index (χ0) is 42.9. The quantitative estimate of drug-likeness (QED) is 0.113. The van der Waals surface area contributed by atoms with E-state index in [1.807, 2.05) is 78.8 Å². The predicted octanol–water partition coefficient (Wildman–Crippen LogP) is 6.80. The molecule has 5 atom stereocenters. The van der Waals surface area contributed by atoms with Gasteiger partial charge in [-0.15, -0.1) is 0 Å². The number of anilines is 1. The van der Waals surface area contributed by atoms with Gasteiger partial charge in [0.15, 0.2) is 8.32 Å². The summed E-state index contributed by atoms with van der Waals surface area (Å²) in [6.07, 6.45) is 1.22. The maximum Gasteiger partial charge on any atom is 0.251 e. The van der Waals surface area contributed by atoms with Gasteiger partial charge in [0.25, 0.3) is 11.8 Å². The van der Waals surface area contributed by atoms with Crippen LogP contribution < -0.4 is 25.6 Å². The van der Waals surface area contributed by atoms with E-state index in [1.54, 1.807) is 6.92 Å². The maximum atomic E-state index is 14.4. The summed E-state index contributed by atoms with van der Waals surface area (Å²) in [6.45, 7) is 25.8. The second-order valence-electron chi connectivity index (χ2n) is 17.8. The van der Waals surface area contributed by atoms with Crippen molar-refractivity contribution in [3.8, 4) is 0 Å². The Hall–Kier alpha value is -3.75. The largest absolute Gasteiger partial charge is 0.412 e. The van der Waals surface area contributed by atoms with Crippen LogP contribution in [0.1, 0.15) is 121 Å². The minimum Gasteiger partial charge on any atom is -0.412 e. The highest BCUT2D eigenvalue weighted by molar-refractivity contribution is 7.92. The second-order valence-corrected chi connectivity index (χ2v) is 24.5. The molecule has 0 spiro atoms. The number of benzene rings is 2. The van der Waals surface area contributed by atoms with E-state index in [2.05, 4.69) is 55.1 Å². The van der Waals surface area contributed by atoms with Crippen molar-refractivity contribution in [2.24, 2.45) is 17.8 Å². The third-order valence-electron chi connectivity index (χ3n) is 10.4. The van der Waals surface area contributed by atoms with Crippen LogP contribution in [0.2, 0.25) is 18.1 Å². The molecule has 0 saturated heterocycles. The van der Waals surface area contributed by atoms with E-state index in [-0.39, 0.29) is 64.0 Å². The topological polar surface area (TPSA) is 163 Å². The van der Waals surface area contributed by atoms with Gasteiger partial charge in [-0.3, -0.25) is 23.5 Å². The van der Waals surface area contributed by atoms with Gasteiger partial charge in [0.1, 0.15) is 6.04 Å². The maximum absolute atomic E-state index is 14.4. The van der Waals surface area contributed by atoms with Crippen molar-refractivity contribution in [1.29, 1.82) is 0 Å². The molecular weight excluding hydrogens is 747 g/mol. The van der Waals surface area contributed by atoms with Crippen LogP contribution in [0.25, 0.3) is 0 Å². The molecule has 2 aromatic carbocycles. The molecule has 12 nitrogen and oxygen atoms in total. The summed E-state index contributed by atoms with van der Waals surface area (Å²) in [6, 6.07) is 12.0. The summed E-state index contributed by atoms with van der Waals surface area (Å²) in [5, 5.41) is 11.8. The fraction of sp³-hybridized carbons (Fsp3) is 0.619. The van der Waals surface area contributed by atoms with Crippen molar-refractivity contribution < 1.29 is 32.0 Å². The highest BCUT2D eigenvalue weighted by Crippen LogP contribution is 2.39. The summed E-state index contributed by atoms with van der Waals surface area (Å²) >= 11 is 0. The number of carbonyl (C=O) groups excluding carboxylic acids is 4. The number of rotatable bonds is 19. The Labute approximate surface area is 337 Å². The molecule has 0 aliphatic heterocycles. The zero-order valence-corrected chi connectivity index (χ0v) is 38.2. The summed E-state index contributed by atoms with van der Waals surface area (Å²) < 4.78 is 33.4. The Kier molecular flexibility index (Phi) is 17.4. The second kappa shape index (κ2) is 20.1. The molecule has 0 aromatic heterocycles. The van der Waals surface area contributed by atoms with E-state index in [9.17, 15) is 27.6 Å². The molecule has 0 bridgehead atoms. The highest BCUT2D eigenvalue weighted by Gasteiger charge is 2.42. The van der Waals surface area contributed by atoms with Crippen molar-refractivity contribution in [2.75, 3.05) is 17.6 Å². The van der Waals surface area contributed by atoms with Crippen LogP contribution in [0.5, 0.6) is 0 Å². The Balaban J connectivity index is 2.60. The molecule has 2 aromatic rings. The molecule has 0 fully saturated rings. The number of carbonyl (C=O) groups is 4. The fourth-order valence-electron chi connectivity index (χ4n) is 5.92. The molecular formula is C42H69N5O7SSi. The lowest BCUT2D eigenvalue weighted by molar-refractivity contribution is -0.132. The Bertz CT molecular complexity index is 1760. The van der Waals surface area contributed by atoms with E-state index in [4.69, 9.17) is 4.43 Å². The van der Waals surface area contributed by atoms with Gasteiger partial charge in [-0.25, -0.2) is 8.42 Å². The molecule has 0 radical (unpaired) electrons. The monoisotopic (exact) mass is 815 g/mol. The first-order valence-electron chi connectivity index (χ1n) is 19.7. The molecule has 0 unspecified atom stereocenters. The highest BCUT2D eigenvalue weighted by atomic mass is 32.2. The van der Waals surface area contributed by atoms with Crippen molar-refractivity contribution in [3.63, 3.8) is 0 Å². The van der Waals surface area contributed by atoms with Crippen LogP contribution in [-0.2, 0) is 24.0 Å². The molecule has 0 aliphatic carbocycles. The molecule has 0 saturated carbocycles. The fourth-order valence-corrected chi connectivity index (χ4v) is 7.78. The molecule has 0 aliphatic rings. The summed E-state index contributed by atoms with van der Waals surface area (Å²) in [5.74, 6) is -2.15. The van der Waals surface area contributed by atoms with Crippen LogP contribution in [0.15, 0.2) is 48.5 Å². The zero-order valence-electron chi connectivity index (χ0n) is 36.4. The molecule has 4 N–H and O–H groups in total. The Morgan fingerprint density at radius 2 is 1.30 bits per heavy atom. The molecule has 14 heteroatoms. The molecule has 4 amide bonds. The van der Waals surface area contributed by atoms with Gasteiger partial charge < -0.3 is 25.7 Å². The predicted molar refractivity (Wildman–Crippen MR) is 229 cm³/mol. The van der Waals surface area contributed by atoms with E-state index in [0.717, 1.165) is 16.1 Å². The average Bonchev–Trinajstić information content (AvgIpc) is 3.07. The van der Waals surface area contributed by atoms with Gasteiger partial charge in [-0.1, -0.05) is 85.7 Å². The first kappa shape index (κ1) is 48.4. The van der Waals surface area contributed by atoms with Crippen molar-refractivity contribution in [1.82, 2.24) is 21.3 Å². The summed E-state index contributed by atoms with van der Waals surface area (Å²) in [5.41, 5.74) is 1.25. The first-order valence-corrected chi connectivity index (χ1v) is 24.4. The van der Waals surface area contributed by atoms with Crippen molar-refractivity contribution in [2.45, 2.75) is 137 Å². The average molecular weight is 816 g/mol. The normalized spacial score (nSPS) is 15.1. The van der Waals surface area contributed by atoms with Crippen LogP contribution in [0.3, 0.4) is 0 Å². The number of hydrogen-bond acceptors (Lipinski definition) is 7. The first-order chi connectivity index (χ1) is 25.6. The molecule has 0 heterocycles.